The Morgan fingerprint density at radius 3 is 2.47 bits per heavy atom. The lowest BCUT2D eigenvalue weighted by Gasteiger charge is -2.34. The lowest BCUT2D eigenvalue weighted by atomic mass is 9.93. The minimum atomic E-state index is -3.76. The summed E-state index contributed by atoms with van der Waals surface area (Å²) in [7, 11) is -2.34. The summed E-state index contributed by atoms with van der Waals surface area (Å²) in [4.78, 5) is 26.7. The van der Waals surface area contributed by atoms with Crippen molar-refractivity contribution in [3.8, 4) is 5.75 Å². The summed E-state index contributed by atoms with van der Waals surface area (Å²) in [5, 5.41) is 2.77. The zero-order chi connectivity index (χ0) is 24.3. The fraction of sp³-hybridized carbons (Fsp3) is 0.417. The number of rotatable bonds is 7. The number of anilines is 1. The Morgan fingerprint density at radius 2 is 1.79 bits per heavy atom. The molecule has 1 fully saturated rings. The molecule has 0 aliphatic carbocycles. The molecule has 1 atom stereocenters. The van der Waals surface area contributed by atoms with E-state index in [0.717, 1.165) is 30.4 Å². The van der Waals surface area contributed by atoms with Crippen molar-refractivity contribution in [1.29, 1.82) is 0 Å². The third-order valence-corrected chi connectivity index (χ3v) is 8.32. The van der Waals surface area contributed by atoms with Gasteiger partial charge in [-0.15, -0.1) is 0 Å². The highest BCUT2D eigenvalue weighted by Gasteiger charge is 2.32. The van der Waals surface area contributed by atoms with Crippen molar-refractivity contribution < 1.29 is 22.7 Å². The SMILES string of the molecule is COc1ccc(NC(=O)CN2Cc3ccccc3CC2C(N)=O)cc1S(=O)(=O)N1CCCCC1. The topological polar surface area (TPSA) is 122 Å². The predicted molar refractivity (Wildman–Crippen MR) is 128 cm³/mol. The van der Waals surface area contributed by atoms with E-state index in [4.69, 9.17) is 10.5 Å². The van der Waals surface area contributed by atoms with Crippen LogP contribution in [-0.2, 0) is 32.6 Å². The van der Waals surface area contributed by atoms with Crippen molar-refractivity contribution in [2.75, 3.05) is 32.1 Å². The number of fused-ring (bicyclic) bond motifs is 1. The molecule has 2 amide bonds. The van der Waals surface area contributed by atoms with Crippen LogP contribution in [0, 0.1) is 0 Å². The zero-order valence-electron chi connectivity index (χ0n) is 19.2. The standard InChI is InChI=1S/C24H30N4O5S/c1-33-21-10-9-19(14-22(21)34(31,32)28-11-5-2-6-12-28)26-23(29)16-27-15-18-8-4-3-7-17(18)13-20(27)24(25)30/h3-4,7-10,14,20H,2,5-6,11-13,15-16H2,1H3,(H2,25,30)(H,26,29). The molecule has 0 bridgehead atoms. The number of sulfonamides is 1. The molecule has 1 unspecified atom stereocenters. The van der Waals surface area contributed by atoms with Gasteiger partial charge in [0.25, 0.3) is 0 Å². The van der Waals surface area contributed by atoms with Crippen LogP contribution in [0.1, 0.15) is 30.4 Å². The maximum atomic E-state index is 13.2. The quantitative estimate of drug-likeness (QED) is 0.615. The molecule has 1 saturated heterocycles. The van der Waals surface area contributed by atoms with Gasteiger partial charge in [0, 0.05) is 25.3 Å². The average molecular weight is 487 g/mol. The first kappa shape index (κ1) is 24.2. The van der Waals surface area contributed by atoms with E-state index in [1.807, 2.05) is 24.3 Å². The molecular formula is C24H30N4O5S. The lowest BCUT2D eigenvalue weighted by Crippen LogP contribution is -2.50. The maximum absolute atomic E-state index is 13.2. The molecule has 2 aliphatic heterocycles. The van der Waals surface area contributed by atoms with Crippen molar-refractivity contribution in [3.63, 3.8) is 0 Å². The molecule has 2 heterocycles. The van der Waals surface area contributed by atoms with Crippen molar-refractivity contribution in [1.82, 2.24) is 9.21 Å². The number of carbonyl (C=O) groups is 2. The number of piperidine rings is 1. The Balaban J connectivity index is 1.52. The van der Waals surface area contributed by atoms with Crippen molar-refractivity contribution in [2.45, 2.75) is 43.2 Å². The molecule has 34 heavy (non-hydrogen) atoms. The fourth-order valence-electron chi connectivity index (χ4n) is 4.61. The van der Waals surface area contributed by atoms with Gasteiger partial charge in [-0.25, -0.2) is 8.42 Å². The molecule has 0 aromatic heterocycles. The van der Waals surface area contributed by atoms with E-state index in [-0.39, 0.29) is 23.1 Å². The molecule has 10 heteroatoms. The summed E-state index contributed by atoms with van der Waals surface area (Å²) in [5.41, 5.74) is 8.05. The smallest absolute Gasteiger partial charge is 0.246 e. The van der Waals surface area contributed by atoms with Gasteiger partial charge in [-0.1, -0.05) is 30.7 Å². The normalized spacial score (nSPS) is 19.3. The number of nitrogens with one attached hydrogen (secondary N) is 1. The van der Waals surface area contributed by atoms with E-state index in [1.54, 1.807) is 11.0 Å². The summed E-state index contributed by atoms with van der Waals surface area (Å²) in [6.07, 6.45) is 3.09. The summed E-state index contributed by atoms with van der Waals surface area (Å²) >= 11 is 0. The van der Waals surface area contributed by atoms with Crippen molar-refractivity contribution >= 4 is 27.5 Å². The maximum Gasteiger partial charge on any atom is 0.246 e. The minimum absolute atomic E-state index is 0.0246. The molecule has 182 valence electrons. The first-order chi connectivity index (χ1) is 16.3. The number of hydrogen-bond donors (Lipinski definition) is 2. The molecule has 2 aliphatic rings. The molecule has 3 N–H and O–H groups in total. The van der Waals surface area contributed by atoms with Crippen molar-refractivity contribution in [3.05, 3.63) is 53.6 Å². The summed E-state index contributed by atoms with van der Waals surface area (Å²) < 4.78 is 33.2. The number of carbonyl (C=O) groups excluding carboxylic acids is 2. The number of nitrogens with two attached hydrogens (primary N) is 1. The van der Waals surface area contributed by atoms with Gasteiger partial charge in [0.15, 0.2) is 0 Å². The minimum Gasteiger partial charge on any atom is -0.495 e. The number of nitrogens with zero attached hydrogens (tertiary/aromatic N) is 2. The Bertz CT molecular complexity index is 1180. The van der Waals surface area contributed by atoms with E-state index >= 15 is 0 Å². The zero-order valence-corrected chi connectivity index (χ0v) is 20.0. The highest BCUT2D eigenvalue weighted by molar-refractivity contribution is 7.89. The number of primary amides is 1. The van der Waals surface area contributed by atoms with Crippen LogP contribution in [0.15, 0.2) is 47.4 Å². The number of amides is 2. The first-order valence-corrected chi connectivity index (χ1v) is 12.8. The molecule has 2 aromatic rings. The van der Waals surface area contributed by atoms with Gasteiger partial charge < -0.3 is 15.8 Å². The molecular weight excluding hydrogens is 456 g/mol. The van der Waals surface area contributed by atoms with Gasteiger partial charge in [-0.05, 0) is 48.6 Å². The van der Waals surface area contributed by atoms with Gasteiger partial charge >= 0.3 is 0 Å². The second-order valence-electron chi connectivity index (χ2n) is 8.67. The number of methoxy groups -OCH3 is 1. The Labute approximate surface area is 199 Å². The Hall–Kier alpha value is -2.95. The van der Waals surface area contributed by atoms with Crippen LogP contribution in [0.5, 0.6) is 5.75 Å². The molecule has 0 radical (unpaired) electrons. The average Bonchev–Trinajstić information content (AvgIpc) is 2.84. The lowest BCUT2D eigenvalue weighted by molar-refractivity contribution is -0.125. The summed E-state index contributed by atoms with van der Waals surface area (Å²) in [6, 6.07) is 11.7. The predicted octanol–water partition coefficient (Wildman–Crippen LogP) is 1.72. The second kappa shape index (κ2) is 10.1. The third kappa shape index (κ3) is 5.08. The number of hydrogen-bond acceptors (Lipinski definition) is 6. The first-order valence-electron chi connectivity index (χ1n) is 11.4. The van der Waals surface area contributed by atoms with Crippen LogP contribution < -0.4 is 15.8 Å². The van der Waals surface area contributed by atoms with Crippen LogP contribution in [0.4, 0.5) is 5.69 Å². The highest BCUT2D eigenvalue weighted by Crippen LogP contribution is 2.31. The molecule has 0 saturated carbocycles. The molecule has 9 nitrogen and oxygen atoms in total. The van der Waals surface area contributed by atoms with Gasteiger partial charge in [-0.3, -0.25) is 14.5 Å². The fourth-order valence-corrected chi connectivity index (χ4v) is 6.31. The molecule has 0 spiro atoms. The third-order valence-electron chi connectivity index (χ3n) is 6.40. The van der Waals surface area contributed by atoms with Gasteiger partial charge in [0.1, 0.15) is 10.6 Å². The largest absolute Gasteiger partial charge is 0.495 e. The van der Waals surface area contributed by atoms with Crippen LogP contribution in [0.2, 0.25) is 0 Å². The van der Waals surface area contributed by atoms with E-state index in [2.05, 4.69) is 5.32 Å². The van der Waals surface area contributed by atoms with E-state index < -0.39 is 22.0 Å². The van der Waals surface area contributed by atoms with Crippen LogP contribution in [0.3, 0.4) is 0 Å². The number of ether oxygens (including phenoxy) is 1. The van der Waals surface area contributed by atoms with Crippen molar-refractivity contribution in [2.24, 2.45) is 5.73 Å². The van der Waals surface area contributed by atoms with E-state index in [1.165, 1.54) is 23.5 Å². The van der Waals surface area contributed by atoms with Gasteiger partial charge in [0.2, 0.25) is 21.8 Å². The second-order valence-corrected chi connectivity index (χ2v) is 10.6. The van der Waals surface area contributed by atoms with Crippen LogP contribution in [0.25, 0.3) is 0 Å². The number of benzene rings is 2. The van der Waals surface area contributed by atoms with Crippen LogP contribution >= 0.6 is 0 Å². The summed E-state index contributed by atoms with van der Waals surface area (Å²) in [5.74, 6) is -0.621. The van der Waals surface area contributed by atoms with Gasteiger partial charge in [-0.2, -0.15) is 4.31 Å². The Kier molecular flexibility index (Phi) is 7.20. The van der Waals surface area contributed by atoms with E-state index in [9.17, 15) is 18.0 Å². The van der Waals surface area contributed by atoms with Crippen LogP contribution in [-0.4, -0.2) is 62.2 Å². The molecule has 2 aromatic carbocycles. The van der Waals surface area contributed by atoms with E-state index in [0.29, 0.717) is 31.7 Å². The summed E-state index contributed by atoms with van der Waals surface area (Å²) in [6.45, 7) is 1.30. The highest BCUT2D eigenvalue weighted by atomic mass is 32.2. The Morgan fingerprint density at radius 1 is 1.09 bits per heavy atom. The monoisotopic (exact) mass is 486 g/mol. The van der Waals surface area contributed by atoms with Gasteiger partial charge in [0.05, 0.1) is 19.7 Å². The molecule has 4 rings (SSSR count).